The molecular formula is C21H33NO6. The Labute approximate surface area is 168 Å². The first kappa shape index (κ1) is 21.4. The first-order valence-corrected chi connectivity index (χ1v) is 9.84. The van der Waals surface area contributed by atoms with E-state index in [4.69, 9.17) is 23.7 Å². The smallest absolute Gasteiger partial charge is 0.410 e. The number of hydrogen-bond acceptors (Lipinski definition) is 6. The Morgan fingerprint density at radius 2 is 1.68 bits per heavy atom. The molecule has 3 fully saturated rings. The molecule has 0 aromatic carbocycles. The third-order valence-corrected chi connectivity index (χ3v) is 6.19. The maximum atomic E-state index is 13.0. The average molecular weight is 395 g/mol. The highest BCUT2D eigenvalue weighted by Crippen LogP contribution is 2.56. The van der Waals surface area contributed by atoms with Gasteiger partial charge in [-0.25, -0.2) is 4.79 Å². The van der Waals surface area contributed by atoms with Crippen LogP contribution >= 0.6 is 0 Å². The average Bonchev–Trinajstić information content (AvgIpc) is 3.39. The molecule has 3 rings (SSSR count). The lowest BCUT2D eigenvalue weighted by Gasteiger charge is -2.57. The van der Waals surface area contributed by atoms with Crippen molar-refractivity contribution in [1.29, 1.82) is 0 Å². The Balaban J connectivity index is 1.97. The number of amides is 1. The lowest BCUT2D eigenvalue weighted by Crippen LogP contribution is -2.72. The molecule has 5 atom stereocenters. The van der Waals surface area contributed by atoms with Gasteiger partial charge in [-0.2, -0.15) is 0 Å². The van der Waals surface area contributed by atoms with Gasteiger partial charge in [0, 0.05) is 14.2 Å². The van der Waals surface area contributed by atoms with Crippen molar-refractivity contribution in [1.82, 2.24) is 4.90 Å². The van der Waals surface area contributed by atoms with Crippen LogP contribution in [0.25, 0.3) is 0 Å². The molecule has 2 aliphatic heterocycles. The summed E-state index contributed by atoms with van der Waals surface area (Å²) >= 11 is 0. The maximum Gasteiger partial charge on any atom is 0.410 e. The number of piperidine rings is 1. The standard InChI is InChI=1S/C21H33NO6/c1-9-10-14-16-15(26-19(5,24-7)20(6,25-8)27-16)13-22(21(14)11-12-21)17(23)28-18(2,3)4/h14-16H,11-13H2,1-8H3. The molecule has 0 radical (unpaired) electrons. The summed E-state index contributed by atoms with van der Waals surface area (Å²) in [6, 6.07) is 0. The van der Waals surface area contributed by atoms with Crippen molar-refractivity contribution in [3.8, 4) is 11.8 Å². The van der Waals surface area contributed by atoms with Crippen LogP contribution in [0.15, 0.2) is 0 Å². The molecule has 0 aromatic rings. The molecule has 1 aliphatic carbocycles. The summed E-state index contributed by atoms with van der Waals surface area (Å²) in [7, 11) is 3.13. The summed E-state index contributed by atoms with van der Waals surface area (Å²) < 4.78 is 29.8. The highest BCUT2D eigenvalue weighted by Gasteiger charge is 2.68. The summed E-state index contributed by atoms with van der Waals surface area (Å²) in [6.07, 6.45) is 0.654. The van der Waals surface area contributed by atoms with E-state index in [9.17, 15) is 4.79 Å². The molecule has 28 heavy (non-hydrogen) atoms. The minimum absolute atomic E-state index is 0.195. The molecule has 0 bridgehead atoms. The van der Waals surface area contributed by atoms with Crippen LogP contribution in [0.2, 0.25) is 0 Å². The molecule has 2 saturated heterocycles. The summed E-state index contributed by atoms with van der Waals surface area (Å²) in [5.41, 5.74) is -0.957. The van der Waals surface area contributed by atoms with Gasteiger partial charge in [-0.15, -0.1) is 5.92 Å². The fourth-order valence-corrected chi connectivity index (χ4v) is 4.29. The van der Waals surface area contributed by atoms with Crippen LogP contribution in [0.3, 0.4) is 0 Å². The highest BCUT2D eigenvalue weighted by molar-refractivity contribution is 5.70. The lowest BCUT2D eigenvalue weighted by molar-refractivity contribution is -0.456. The number of carbonyl (C=O) groups excluding carboxylic acids is 1. The molecule has 0 aromatic heterocycles. The van der Waals surface area contributed by atoms with Gasteiger partial charge in [-0.1, -0.05) is 5.92 Å². The Morgan fingerprint density at radius 1 is 1.11 bits per heavy atom. The Kier molecular flexibility index (Phi) is 5.25. The number of carbonyl (C=O) groups is 1. The normalized spacial score (nSPS) is 39.0. The summed E-state index contributed by atoms with van der Waals surface area (Å²) in [5, 5.41) is 0. The molecule has 1 spiro atoms. The lowest BCUT2D eigenvalue weighted by atomic mass is 9.81. The van der Waals surface area contributed by atoms with Gasteiger partial charge in [0.1, 0.15) is 17.8 Å². The van der Waals surface area contributed by atoms with Gasteiger partial charge in [0.15, 0.2) is 0 Å². The minimum atomic E-state index is -1.12. The number of methoxy groups -OCH3 is 2. The van der Waals surface area contributed by atoms with Crippen molar-refractivity contribution < 1.29 is 28.5 Å². The van der Waals surface area contributed by atoms with Crippen molar-refractivity contribution in [2.75, 3.05) is 20.8 Å². The van der Waals surface area contributed by atoms with Crippen LogP contribution in [-0.4, -0.2) is 66.7 Å². The van der Waals surface area contributed by atoms with E-state index in [-0.39, 0.29) is 23.7 Å². The van der Waals surface area contributed by atoms with E-state index in [0.29, 0.717) is 6.54 Å². The maximum absolute atomic E-state index is 13.0. The molecular weight excluding hydrogens is 362 g/mol. The molecule has 2 heterocycles. The van der Waals surface area contributed by atoms with Crippen molar-refractivity contribution in [2.45, 2.75) is 89.3 Å². The van der Waals surface area contributed by atoms with Crippen molar-refractivity contribution in [3.63, 3.8) is 0 Å². The zero-order valence-corrected chi connectivity index (χ0v) is 18.3. The molecule has 7 nitrogen and oxygen atoms in total. The zero-order valence-electron chi connectivity index (χ0n) is 18.3. The van der Waals surface area contributed by atoms with Gasteiger partial charge < -0.3 is 23.7 Å². The third-order valence-electron chi connectivity index (χ3n) is 6.19. The number of ether oxygens (including phenoxy) is 5. The predicted octanol–water partition coefficient (Wildman–Crippen LogP) is 2.92. The second-order valence-electron chi connectivity index (χ2n) is 9.10. The monoisotopic (exact) mass is 395 g/mol. The second kappa shape index (κ2) is 6.88. The van der Waals surface area contributed by atoms with Gasteiger partial charge in [0.2, 0.25) is 11.6 Å². The van der Waals surface area contributed by atoms with E-state index in [1.807, 2.05) is 27.7 Å². The quantitative estimate of drug-likeness (QED) is 0.670. The Morgan fingerprint density at radius 3 is 2.14 bits per heavy atom. The number of hydrogen-bond donors (Lipinski definition) is 0. The Bertz CT molecular complexity index is 687. The fraction of sp³-hybridized carbons (Fsp3) is 0.857. The van der Waals surface area contributed by atoms with Crippen LogP contribution in [0.1, 0.15) is 54.4 Å². The van der Waals surface area contributed by atoms with Crippen molar-refractivity contribution >= 4 is 6.09 Å². The van der Waals surface area contributed by atoms with Gasteiger partial charge >= 0.3 is 6.09 Å². The molecule has 158 valence electrons. The van der Waals surface area contributed by atoms with E-state index < -0.39 is 23.3 Å². The van der Waals surface area contributed by atoms with Crippen LogP contribution in [-0.2, 0) is 23.7 Å². The van der Waals surface area contributed by atoms with E-state index in [1.165, 1.54) is 0 Å². The number of fused-ring (bicyclic) bond motifs is 1. The van der Waals surface area contributed by atoms with E-state index in [0.717, 1.165) is 12.8 Å². The summed E-state index contributed by atoms with van der Waals surface area (Å²) in [6.45, 7) is 11.4. The topological polar surface area (TPSA) is 66.5 Å². The van der Waals surface area contributed by atoms with Crippen LogP contribution < -0.4 is 0 Å². The molecule has 3 aliphatic rings. The van der Waals surface area contributed by atoms with Gasteiger partial charge in [0.25, 0.3) is 0 Å². The minimum Gasteiger partial charge on any atom is -0.444 e. The number of rotatable bonds is 2. The van der Waals surface area contributed by atoms with Gasteiger partial charge in [0.05, 0.1) is 18.0 Å². The van der Waals surface area contributed by atoms with Gasteiger partial charge in [-0.3, -0.25) is 4.90 Å². The van der Waals surface area contributed by atoms with Crippen LogP contribution in [0, 0.1) is 17.8 Å². The summed E-state index contributed by atoms with van der Waals surface area (Å²) in [4.78, 5) is 14.8. The molecule has 1 saturated carbocycles. The van der Waals surface area contributed by atoms with Crippen LogP contribution in [0.4, 0.5) is 4.79 Å². The fourth-order valence-electron chi connectivity index (χ4n) is 4.29. The molecule has 7 heteroatoms. The first-order valence-electron chi connectivity index (χ1n) is 9.84. The van der Waals surface area contributed by atoms with E-state index in [2.05, 4.69) is 11.8 Å². The van der Waals surface area contributed by atoms with Gasteiger partial charge in [-0.05, 0) is 54.4 Å². The largest absolute Gasteiger partial charge is 0.444 e. The number of nitrogens with zero attached hydrogens (tertiary/aromatic N) is 1. The van der Waals surface area contributed by atoms with Crippen molar-refractivity contribution in [2.24, 2.45) is 5.92 Å². The SMILES string of the molecule is CC#CC1C2OC(C)(OC)C(C)(OC)OC2CN(C(=O)OC(C)(C)C)C12CC2. The highest BCUT2D eigenvalue weighted by atomic mass is 16.8. The van der Waals surface area contributed by atoms with E-state index >= 15 is 0 Å². The Hall–Kier alpha value is -1.33. The first-order chi connectivity index (χ1) is 13.0. The number of likely N-dealkylation sites (tertiary alicyclic amines) is 1. The molecule has 1 amide bonds. The molecule has 5 unspecified atom stereocenters. The van der Waals surface area contributed by atoms with Crippen molar-refractivity contribution in [3.05, 3.63) is 0 Å². The zero-order chi connectivity index (χ0) is 21.0. The third kappa shape index (κ3) is 3.30. The van der Waals surface area contributed by atoms with E-state index in [1.54, 1.807) is 33.0 Å². The molecule has 0 N–H and O–H groups in total. The van der Waals surface area contributed by atoms with Crippen LogP contribution in [0.5, 0.6) is 0 Å². The summed E-state index contributed by atoms with van der Waals surface area (Å²) in [5.74, 6) is 3.89. The second-order valence-corrected chi connectivity index (χ2v) is 9.10. The predicted molar refractivity (Wildman–Crippen MR) is 102 cm³/mol.